The Balaban J connectivity index is 1.88. The van der Waals surface area contributed by atoms with Crippen LogP contribution in [-0.2, 0) is 6.42 Å². The summed E-state index contributed by atoms with van der Waals surface area (Å²) in [5.74, 6) is 1.12. The number of anilines is 1. The highest BCUT2D eigenvalue weighted by Crippen LogP contribution is 2.26. The molecular formula is C15H12BrN3O. The first kappa shape index (κ1) is 12.9. The Morgan fingerprint density at radius 1 is 1.05 bits per heavy atom. The molecule has 2 aromatic carbocycles. The van der Waals surface area contributed by atoms with Crippen LogP contribution in [0.2, 0.25) is 0 Å². The summed E-state index contributed by atoms with van der Waals surface area (Å²) in [4.78, 5) is 4.41. The van der Waals surface area contributed by atoms with E-state index in [0.717, 1.165) is 21.3 Å². The van der Waals surface area contributed by atoms with Crippen LogP contribution in [0.5, 0.6) is 0 Å². The molecule has 100 valence electrons. The summed E-state index contributed by atoms with van der Waals surface area (Å²) >= 11 is 3.48. The first-order valence-electron chi connectivity index (χ1n) is 6.15. The monoisotopic (exact) mass is 329 g/mol. The van der Waals surface area contributed by atoms with Gasteiger partial charge in [-0.3, -0.25) is 0 Å². The zero-order chi connectivity index (χ0) is 13.9. The number of aromatic nitrogens is 2. The van der Waals surface area contributed by atoms with E-state index < -0.39 is 0 Å². The molecule has 2 N–H and O–H groups in total. The van der Waals surface area contributed by atoms with Crippen molar-refractivity contribution in [3.05, 3.63) is 64.5 Å². The molecule has 0 spiro atoms. The zero-order valence-corrected chi connectivity index (χ0v) is 12.2. The molecule has 0 amide bonds. The third-order valence-electron chi connectivity index (χ3n) is 2.98. The first-order valence-corrected chi connectivity index (χ1v) is 6.94. The third kappa shape index (κ3) is 2.58. The number of hydrogen-bond acceptors (Lipinski definition) is 4. The Bertz CT molecular complexity index is 739. The fourth-order valence-corrected chi connectivity index (χ4v) is 2.40. The van der Waals surface area contributed by atoms with E-state index in [1.807, 2.05) is 48.5 Å². The molecule has 0 bridgehead atoms. The van der Waals surface area contributed by atoms with Crippen LogP contribution in [0.4, 0.5) is 5.69 Å². The van der Waals surface area contributed by atoms with Gasteiger partial charge in [0.25, 0.3) is 0 Å². The number of nitrogens with zero attached hydrogens (tertiary/aromatic N) is 2. The van der Waals surface area contributed by atoms with Crippen molar-refractivity contribution in [2.24, 2.45) is 0 Å². The maximum atomic E-state index is 5.91. The molecule has 20 heavy (non-hydrogen) atoms. The van der Waals surface area contributed by atoms with Crippen LogP contribution in [0, 0.1) is 0 Å². The van der Waals surface area contributed by atoms with E-state index >= 15 is 0 Å². The van der Waals surface area contributed by atoms with Crippen molar-refractivity contribution in [2.45, 2.75) is 6.42 Å². The number of benzene rings is 2. The molecule has 3 rings (SSSR count). The van der Waals surface area contributed by atoms with E-state index in [1.165, 1.54) is 0 Å². The molecule has 0 unspecified atom stereocenters. The summed E-state index contributed by atoms with van der Waals surface area (Å²) in [6.45, 7) is 0. The summed E-state index contributed by atoms with van der Waals surface area (Å²) in [5, 5.41) is 4.02. The van der Waals surface area contributed by atoms with Gasteiger partial charge in [-0.05, 0) is 23.8 Å². The average molecular weight is 330 g/mol. The number of nitrogen functional groups attached to an aromatic ring is 1. The smallest absolute Gasteiger partial charge is 0.231 e. The minimum absolute atomic E-state index is 0.532. The van der Waals surface area contributed by atoms with Crippen molar-refractivity contribution < 1.29 is 4.52 Å². The lowest BCUT2D eigenvalue weighted by atomic mass is 10.1. The molecule has 0 fully saturated rings. The van der Waals surface area contributed by atoms with Crippen molar-refractivity contribution in [3.8, 4) is 11.4 Å². The Morgan fingerprint density at radius 3 is 2.60 bits per heavy atom. The second kappa shape index (κ2) is 5.46. The van der Waals surface area contributed by atoms with Crippen LogP contribution >= 0.6 is 15.9 Å². The fourth-order valence-electron chi connectivity index (χ4n) is 1.94. The third-order valence-corrected chi connectivity index (χ3v) is 3.67. The van der Waals surface area contributed by atoms with Crippen molar-refractivity contribution in [1.29, 1.82) is 0 Å². The molecule has 0 aliphatic heterocycles. The number of hydrogen-bond donors (Lipinski definition) is 1. The molecule has 0 aliphatic rings. The number of rotatable bonds is 3. The van der Waals surface area contributed by atoms with Crippen LogP contribution in [0.25, 0.3) is 11.4 Å². The van der Waals surface area contributed by atoms with Gasteiger partial charge < -0.3 is 10.3 Å². The summed E-state index contributed by atoms with van der Waals surface area (Å²) in [5.41, 5.74) is 8.53. The minimum Gasteiger partial charge on any atom is -0.398 e. The maximum absolute atomic E-state index is 5.91. The lowest BCUT2D eigenvalue weighted by molar-refractivity contribution is 0.386. The van der Waals surface area contributed by atoms with Crippen molar-refractivity contribution in [2.75, 3.05) is 5.73 Å². The molecule has 1 aromatic heterocycles. The molecule has 0 saturated carbocycles. The molecule has 3 aromatic rings. The summed E-state index contributed by atoms with van der Waals surface area (Å²) in [7, 11) is 0. The number of nitrogens with two attached hydrogens (primary N) is 1. The highest BCUT2D eigenvalue weighted by molar-refractivity contribution is 9.10. The quantitative estimate of drug-likeness (QED) is 0.744. The van der Waals surface area contributed by atoms with Crippen LogP contribution < -0.4 is 5.73 Å². The molecule has 0 saturated heterocycles. The fraction of sp³-hybridized carbons (Fsp3) is 0.0667. The first-order chi connectivity index (χ1) is 9.74. The van der Waals surface area contributed by atoms with Crippen LogP contribution in [-0.4, -0.2) is 10.1 Å². The van der Waals surface area contributed by atoms with Gasteiger partial charge in [-0.25, -0.2) is 0 Å². The Hall–Kier alpha value is -2.14. The molecule has 5 heteroatoms. The Labute approximate surface area is 124 Å². The largest absolute Gasteiger partial charge is 0.398 e. The van der Waals surface area contributed by atoms with Gasteiger partial charge in [-0.15, -0.1) is 0 Å². The normalized spacial score (nSPS) is 10.7. The molecule has 0 atom stereocenters. The predicted molar refractivity (Wildman–Crippen MR) is 81.1 cm³/mol. The van der Waals surface area contributed by atoms with Crippen LogP contribution in [0.3, 0.4) is 0 Å². The molecule has 0 aliphatic carbocycles. The van der Waals surface area contributed by atoms with Crippen molar-refractivity contribution >= 4 is 21.6 Å². The molecule has 1 heterocycles. The standard InChI is InChI=1S/C15H12BrN3O/c16-12-7-3-2-6-11(12)15-18-14(20-19-15)9-10-5-1-4-8-13(10)17/h1-8H,9,17H2. The van der Waals surface area contributed by atoms with Gasteiger partial charge >= 0.3 is 0 Å². The van der Waals surface area contributed by atoms with Gasteiger partial charge in [0.15, 0.2) is 0 Å². The van der Waals surface area contributed by atoms with Crippen LogP contribution in [0.1, 0.15) is 11.5 Å². The lowest BCUT2D eigenvalue weighted by Crippen LogP contribution is -1.95. The van der Waals surface area contributed by atoms with Gasteiger partial charge in [0.05, 0.1) is 6.42 Å². The molecule has 4 nitrogen and oxygen atoms in total. The Morgan fingerprint density at radius 2 is 1.80 bits per heavy atom. The summed E-state index contributed by atoms with van der Waals surface area (Å²) in [6, 6.07) is 15.4. The summed E-state index contributed by atoms with van der Waals surface area (Å²) in [6.07, 6.45) is 0.532. The topological polar surface area (TPSA) is 64.9 Å². The van der Waals surface area contributed by atoms with E-state index in [1.54, 1.807) is 0 Å². The SMILES string of the molecule is Nc1ccccc1Cc1nc(-c2ccccc2Br)no1. The zero-order valence-electron chi connectivity index (χ0n) is 10.6. The highest BCUT2D eigenvalue weighted by atomic mass is 79.9. The Kier molecular flexibility index (Phi) is 3.52. The van der Waals surface area contributed by atoms with Crippen molar-refractivity contribution in [3.63, 3.8) is 0 Å². The second-order valence-corrected chi connectivity index (χ2v) is 5.22. The van der Waals surface area contributed by atoms with Gasteiger partial charge in [-0.2, -0.15) is 4.98 Å². The van der Waals surface area contributed by atoms with E-state index in [4.69, 9.17) is 10.3 Å². The van der Waals surface area contributed by atoms with Gasteiger partial charge in [0.2, 0.25) is 11.7 Å². The van der Waals surface area contributed by atoms with E-state index in [9.17, 15) is 0 Å². The van der Waals surface area contributed by atoms with Gasteiger partial charge in [0, 0.05) is 15.7 Å². The van der Waals surface area contributed by atoms with Gasteiger partial charge in [0.1, 0.15) is 0 Å². The van der Waals surface area contributed by atoms with E-state index in [2.05, 4.69) is 26.1 Å². The summed E-state index contributed by atoms with van der Waals surface area (Å²) < 4.78 is 6.23. The number of para-hydroxylation sites is 1. The molecule has 0 radical (unpaired) electrons. The van der Waals surface area contributed by atoms with Crippen molar-refractivity contribution in [1.82, 2.24) is 10.1 Å². The van der Waals surface area contributed by atoms with Crippen LogP contribution in [0.15, 0.2) is 57.5 Å². The minimum atomic E-state index is 0.532. The lowest BCUT2D eigenvalue weighted by Gasteiger charge is -2.00. The average Bonchev–Trinajstić information content (AvgIpc) is 2.90. The van der Waals surface area contributed by atoms with E-state index in [0.29, 0.717) is 18.1 Å². The number of halogens is 1. The molecular weight excluding hydrogens is 318 g/mol. The van der Waals surface area contributed by atoms with E-state index in [-0.39, 0.29) is 0 Å². The van der Waals surface area contributed by atoms with Gasteiger partial charge in [-0.1, -0.05) is 51.4 Å². The highest BCUT2D eigenvalue weighted by Gasteiger charge is 2.12. The maximum Gasteiger partial charge on any atom is 0.231 e. The predicted octanol–water partition coefficient (Wildman–Crippen LogP) is 3.67. The second-order valence-electron chi connectivity index (χ2n) is 4.37.